The van der Waals surface area contributed by atoms with Crippen molar-refractivity contribution in [2.75, 3.05) is 14.2 Å². The molecule has 0 aliphatic rings. The van der Waals surface area contributed by atoms with Crippen LogP contribution in [0.3, 0.4) is 0 Å². The molecule has 0 saturated carbocycles. The molecule has 0 aliphatic heterocycles. The average Bonchev–Trinajstić information content (AvgIpc) is 2.60. The van der Waals surface area contributed by atoms with Crippen molar-refractivity contribution in [2.45, 2.75) is 25.9 Å². The summed E-state index contributed by atoms with van der Waals surface area (Å²) in [4.78, 5) is 12.3. The van der Waals surface area contributed by atoms with E-state index in [2.05, 4.69) is 10.6 Å². The molecule has 2 aromatic rings. The number of carbonyl (C=O) groups is 1. The van der Waals surface area contributed by atoms with Crippen LogP contribution in [0.4, 0.5) is 4.79 Å². The molecule has 0 spiro atoms. The molecule has 0 saturated heterocycles. The van der Waals surface area contributed by atoms with Crippen LogP contribution in [0.5, 0.6) is 11.5 Å². The first-order valence-electron chi connectivity index (χ1n) is 7.89. The lowest BCUT2D eigenvalue weighted by Gasteiger charge is -2.27. The van der Waals surface area contributed by atoms with Gasteiger partial charge >= 0.3 is 6.03 Å². The summed E-state index contributed by atoms with van der Waals surface area (Å²) in [6.45, 7) is 4.19. The van der Waals surface area contributed by atoms with Crippen LogP contribution in [0.15, 0.2) is 42.5 Å². The molecule has 0 unspecified atom stereocenters. The van der Waals surface area contributed by atoms with Gasteiger partial charge in [0.05, 0.1) is 19.8 Å². The molecular formula is C19H23ClN2O3. The van der Waals surface area contributed by atoms with E-state index in [1.807, 2.05) is 50.2 Å². The maximum absolute atomic E-state index is 12.3. The second-order valence-corrected chi connectivity index (χ2v) is 6.50. The Hall–Kier alpha value is -2.40. The largest absolute Gasteiger partial charge is 0.493 e. The van der Waals surface area contributed by atoms with Gasteiger partial charge in [0, 0.05) is 11.6 Å². The first kappa shape index (κ1) is 18.9. The molecule has 6 heteroatoms. The van der Waals surface area contributed by atoms with Crippen LogP contribution in [0.2, 0.25) is 5.02 Å². The highest BCUT2D eigenvalue weighted by Gasteiger charge is 2.24. The van der Waals surface area contributed by atoms with Crippen LogP contribution < -0.4 is 20.1 Å². The highest BCUT2D eigenvalue weighted by Crippen LogP contribution is 2.32. The van der Waals surface area contributed by atoms with Crippen molar-refractivity contribution in [1.29, 1.82) is 0 Å². The third-order valence-corrected chi connectivity index (χ3v) is 4.30. The number of nitrogens with one attached hydrogen (secondary N) is 2. The number of hydrogen-bond donors (Lipinski definition) is 2. The number of carbonyl (C=O) groups excluding carboxylic acids is 1. The number of ether oxygens (including phenoxy) is 2. The minimum atomic E-state index is -0.593. The molecule has 0 heterocycles. The molecule has 2 aromatic carbocycles. The van der Waals surface area contributed by atoms with E-state index in [-0.39, 0.29) is 6.03 Å². The molecule has 0 fully saturated rings. The predicted molar refractivity (Wildman–Crippen MR) is 99.4 cm³/mol. The first-order chi connectivity index (χ1) is 11.9. The third-order valence-electron chi connectivity index (χ3n) is 3.93. The van der Waals surface area contributed by atoms with Gasteiger partial charge in [0.15, 0.2) is 11.5 Å². The fraction of sp³-hybridized carbons (Fsp3) is 0.316. The Morgan fingerprint density at radius 3 is 2.40 bits per heavy atom. The van der Waals surface area contributed by atoms with Gasteiger partial charge in [-0.2, -0.15) is 0 Å². The molecular weight excluding hydrogens is 340 g/mol. The van der Waals surface area contributed by atoms with Crippen molar-refractivity contribution in [3.8, 4) is 11.5 Å². The topological polar surface area (TPSA) is 59.6 Å². The summed E-state index contributed by atoms with van der Waals surface area (Å²) in [5.41, 5.74) is 1.17. The molecule has 25 heavy (non-hydrogen) atoms. The lowest BCUT2D eigenvalue weighted by atomic mass is 9.94. The summed E-state index contributed by atoms with van der Waals surface area (Å²) in [5, 5.41) is 6.41. The maximum Gasteiger partial charge on any atom is 0.315 e. The van der Waals surface area contributed by atoms with Gasteiger partial charge < -0.3 is 20.1 Å². The standard InChI is InChI=1S/C19H23ClN2O3/c1-19(2,14-9-10-16(24-3)17(11-14)25-4)22-18(23)21-12-13-7-5-6-8-15(13)20/h5-11H,12H2,1-4H3,(H2,21,22,23). The molecule has 0 aromatic heterocycles. The number of halogens is 1. The van der Waals surface area contributed by atoms with E-state index in [0.29, 0.717) is 23.1 Å². The SMILES string of the molecule is COc1ccc(C(C)(C)NC(=O)NCc2ccccc2Cl)cc1OC. The second kappa shape index (κ2) is 8.12. The summed E-state index contributed by atoms with van der Waals surface area (Å²) < 4.78 is 10.6. The van der Waals surface area contributed by atoms with E-state index in [9.17, 15) is 4.79 Å². The number of rotatable bonds is 6. The smallest absolute Gasteiger partial charge is 0.315 e. The van der Waals surface area contributed by atoms with Crippen LogP contribution in [-0.2, 0) is 12.1 Å². The molecule has 0 bridgehead atoms. The Morgan fingerprint density at radius 2 is 1.76 bits per heavy atom. The van der Waals surface area contributed by atoms with E-state index in [4.69, 9.17) is 21.1 Å². The second-order valence-electron chi connectivity index (χ2n) is 6.09. The molecule has 0 atom stereocenters. The summed E-state index contributed by atoms with van der Waals surface area (Å²) >= 11 is 6.10. The maximum atomic E-state index is 12.3. The number of methoxy groups -OCH3 is 2. The highest BCUT2D eigenvalue weighted by molar-refractivity contribution is 6.31. The summed E-state index contributed by atoms with van der Waals surface area (Å²) in [6.07, 6.45) is 0. The van der Waals surface area contributed by atoms with Crippen LogP contribution in [0, 0.1) is 0 Å². The number of urea groups is 1. The van der Waals surface area contributed by atoms with Gasteiger partial charge in [0.1, 0.15) is 0 Å². The van der Waals surface area contributed by atoms with Crippen LogP contribution >= 0.6 is 11.6 Å². The lowest BCUT2D eigenvalue weighted by molar-refractivity contribution is 0.229. The van der Waals surface area contributed by atoms with E-state index in [1.54, 1.807) is 20.3 Å². The van der Waals surface area contributed by atoms with Gasteiger partial charge in [-0.3, -0.25) is 0 Å². The van der Waals surface area contributed by atoms with Crippen LogP contribution in [-0.4, -0.2) is 20.3 Å². The Morgan fingerprint density at radius 1 is 1.08 bits per heavy atom. The van der Waals surface area contributed by atoms with Crippen molar-refractivity contribution < 1.29 is 14.3 Å². The minimum absolute atomic E-state index is 0.278. The van der Waals surface area contributed by atoms with Crippen molar-refractivity contribution in [3.05, 3.63) is 58.6 Å². The van der Waals surface area contributed by atoms with Crippen LogP contribution in [0.25, 0.3) is 0 Å². The molecule has 5 nitrogen and oxygen atoms in total. The fourth-order valence-electron chi connectivity index (χ4n) is 2.44. The van der Waals surface area contributed by atoms with Crippen LogP contribution in [0.1, 0.15) is 25.0 Å². The summed E-state index contributed by atoms with van der Waals surface area (Å²) in [7, 11) is 3.17. The predicted octanol–water partition coefficient (Wildman–Crippen LogP) is 4.09. The van der Waals surface area contributed by atoms with Gasteiger partial charge in [-0.15, -0.1) is 0 Å². The van der Waals surface area contributed by atoms with Gasteiger partial charge in [-0.25, -0.2) is 4.79 Å². The molecule has 2 amide bonds. The van der Waals surface area contributed by atoms with E-state index in [1.165, 1.54) is 0 Å². The molecule has 134 valence electrons. The Balaban J connectivity index is 2.05. The Labute approximate surface area is 153 Å². The van der Waals surface area contributed by atoms with Crippen molar-refractivity contribution >= 4 is 17.6 Å². The number of hydrogen-bond acceptors (Lipinski definition) is 3. The molecule has 0 radical (unpaired) electrons. The summed E-state index contributed by atoms with van der Waals surface area (Å²) in [6, 6.07) is 12.7. The van der Waals surface area contributed by atoms with Gasteiger partial charge in [0.2, 0.25) is 0 Å². The monoisotopic (exact) mass is 362 g/mol. The third kappa shape index (κ3) is 4.79. The summed E-state index contributed by atoms with van der Waals surface area (Å²) in [5.74, 6) is 1.26. The number of amides is 2. The normalized spacial score (nSPS) is 10.9. The van der Waals surface area contributed by atoms with Crippen molar-refractivity contribution in [3.63, 3.8) is 0 Å². The Bertz CT molecular complexity index is 747. The van der Waals surface area contributed by atoms with Crippen molar-refractivity contribution in [2.24, 2.45) is 0 Å². The highest BCUT2D eigenvalue weighted by atomic mass is 35.5. The van der Waals surface area contributed by atoms with Gasteiger partial charge in [0.25, 0.3) is 0 Å². The van der Waals surface area contributed by atoms with E-state index in [0.717, 1.165) is 11.1 Å². The molecule has 2 rings (SSSR count). The fourth-order valence-corrected chi connectivity index (χ4v) is 2.64. The number of benzene rings is 2. The molecule has 2 N–H and O–H groups in total. The van der Waals surface area contributed by atoms with E-state index < -0.39 is 5.54 Å². The van der Waals surface area contributed by atoms with Gasteiger partial charge in [-0.1, -0.05) is 35.9 Å². The quantitative estimate of drug-likeness (QED) is 0.813. The first-order valence-corrected chi connectivity index (χ1v) is 8.27. The van der Waals surface area contributed by atoms with Crippen molar-refractivity contribution in [1.82, 2.24) is 10.6 Å². The lowest BCUT2D eigenvalue weighted by Crippen LogP contribution is -2.46. The van der Waals surface area contributed by atoms with Gasteiger partial charge in [-0.05, 0) is 43.2 Å². The van der Waals surface area contributed by atoms with E-state index >= 15 is 0 Å². The molecule has 0 aliphatic carbocycles. The average molecular weight is 363 g/mol. The zero-order valence-electron chi connectivity index (χ0n) is 14.9. The zero-order chi connectivity index (χ0) is 18.4. The minimum Gasteiger partial charge on any atom is -0.493 e. The zero-order valence-corrected chi connectivity index (χ0v) is 15.6. The Kier molecular flexibility index (Phi) is 6.15.